The van der Waals surface area contributed by atoms with Crippen molar-refractivity contribution in [2.45, 2.75) is 31.8 Å². The normalized spacial score (nSPS) is 15.1. The topological polar surface area (TPSA) is 69.9 Å². The van der Waals surface area contributed by atoms with Gasteiger partial charge >= 0.3 is 0 Å². The third-order valence-corrected chi connectivity index (χ3v) is 3.82. The molecule has 0 bridgehead atoms. The Balaban J connectivity index is 1.70. The lowest BCUT2D eigenvalue weighted by Gasteiger charge is -2.06. The molecule has 1 aromatic carbocycles. The molecular weight excluding hydrogens is 252 g/mol. The van der Waals surface area contributed by atoms with Crippen molar-refractivity contribution in [2.24, 2.45) is 5.73 Å². The molecule has 20 heavy (non-hydrogen) atoms. The summed E-state index contributed by atoms with van der Waals surface area (Å²) in [4.78, 5) is 4.48. The van der Waals surface area contributed by atoms with Gasteiger partial charge in [-0.2, -0.15) is 4.98 Å². The molecule has 1 saturated carbocycles. The summed E-state index contributed by atoms with van der Waals surface area (Å²) in [7, 11) is 0. The molecule has 5 nitrogen and oxygen atoms in total. The number of fused-ring (bicyclic) bond motifs is 1. The van der Waals surface area contributed by atoms with Crippen LogP contribution in [0.15, 0.2) is 35.0 Å². The Hall–Kier alpha value is -2.14. The van der Waals surface area contributed by atoms with Gasteiger partial charge in [0.1, 0.15) is 6.54 Å². The highest BCUT2D eigenvalue weighted by molar-refractivity contribution is 5.83. The number of hydrogen-bond acceptors (Lipinski definition) is 4. The minimum Gasteiger partial charge on any atom is -0.338 e. The molecule has 5 heteroatoms. The van der Waals surface area contributed by atoms with Crippen molar-refractivity contribution in [3.63, 3.8) is 0 Å². The van der Waals surface area contributed by atoms with E-state index in [-0.39, 0.29) is 0 Å². The lowest BCUT2D eigenvalue weighted by Crippen LogP contribution is -2.03. The van der Waals surface area contributed by atoms with Gasteiger partial charge in [-0.15, -0.1) is 0 Å². The van der Waals surface area contributed by atoms with E-state index >= 15 is 0 Å². The molecule has 102 valence electrons. The summed E-state index contributed by atoms with van der Waals surface area (Å²) in [5.41, 5.74) is 8.11. The van der Waals surface area contributed by atoms with Crippen LogP contribution in [0.3, 0.4) is 0 Å². The number of aromatic nitrogens is 3. The van der Waals surface area contributed by atoms with E-state index in [1.807, 2.05) is 12.3 Å². The highest BCUT2D eigenvalue weighted by Gasteiger charge is 2.28. The van der Waals surface area contributed by atoms with Gasteiger partial charge in [0.25, 0.3) is 0 Å². The van der Waals surface area contributed by atoms with Gasteiger partial charge < -0.3 is 14.8 Å². The van der Waals surface area contributed by atoms with Crippen molar-refractivity contribution in [1.29, 1.82) is 0 Å². The van der Waals surface area contributed by atoms with Gasteiger partial charge in [-0.1, -0.05) is 23.4 Å². The van der Waals surface area contributed by atoms with Crippen LogP contribution in [0.4, 0.5) is 0 Å². The minimum absolute atomic E-state index is 0.522. The van der Waals surface area contributed by atoms with Crippen molar-refractivity contribution in [3.8, 4) is 0 Å². The molecule has 0 aliphatic heterocycles. The number of benzene rings is 1. The molecule has 2 heterocycles. The first-order chi connectivity index (χ1) is 9.85. The molecule has 0 saturated heterocycles. The number of nitrogens with two attached hydrogens (primary N) is 1. The van der Waals surface area contributed by atoms with Crippen LogP contribution in [0, 0.1) is 0 Å². The Morgan fingerprint density at radius 1 is 1.30 bits per heavy atom. The molecule has 4 rings (SSSR count). The molecule has 0 spiro atoms. The quantitative estimate of drug-likeness (QED) is 0.788. The second kappa shape index (κ2) is 4.45. The van der Waals surface area contributed by atoms with Crippen LogP contribution in [0.1, 0.15) is 36.0 Å². The van der Waals surface area contributed by atoms with Gasteiger partial charge in [-0.25, -0.2) is 0 Å². The molecule has 1 aliphatic carbocycles. The number of hydrogen-bond donors (Lipinski definition) is 1. The highest BCUT2D eigenvalue weighted by atomic mass is 16.5. The first-order valence-electron chi connectivity index (χ1n) is 6.94. The Morgan fingerprint density at radius 3 is 3.00 bits per heavy atom. The van der Waals surface area contributed by atoms with Crippen molar-refractivity contribution < 1.29 is 4.52 Å². The maximum absolute atomic E-state index is 5.82. The van der Waals surface area contributed by atoms with Crippen molar-refractivity contribution in [2.75, 3.05) is 0 Å². The molecule has 3 aromatic rings. The predicted molar refractivity (Wildman–Crippen MR) is 75.2 cm³/mol. The third kappa shape index (κ3) is 1.91. The summed E-state index contributed by atoms with van der Waals surface area (Å²) in [6.07, 6.45) is 4.41. The Bertz CT molecular complexity index is 754. The fraction of sp³-hybridized carbons (Fsp3) is 0.333. The van der Waals surface area contributed by atoms with Crippen molar-refractivity contribution >= 4 is 10.9 Å². The summed E-state index contributed by atoms with van der Waals surface area (Å²) < 4.78 is 7.48. The second-order valence-corrected chi connectivity index (χ2v) is 5.32. The maximum Gasteiger partial charge on any atom is 0.246 e. The number of nitrogens with zero attached hydrogens (tertiary/aromatic N) is 3. The molecule has 2 aromatic heterocycles. The van der Waals surface area contributed by atoms with Gasteiger partial charge in [-0.3, -0.25) is 0 Å². The summed E-state index contributed by atoms with van der Waals surface area (Å²) in [6.45, 7) is 1.12. The molecule has 1 fully saturated rings. The van der Waals surface area contributed by atoms with Crippen molar-refractivity contribution in [3.05, 3.63) is 47.7 Å². The Morgan fingerprint density at radius 2 is 2.20 bits per heavy atom. The lowest BCUT2D eigenvalue weighted by atomic mass is 10.1. The van der Waals surface area contributed by atoms with E-state index in [1.54, 1.807) is 0 Å². The summed E-state index contributed by atoms with van der Waals surface area (Å²) in [5.74, 6) is 2.04. The van der Waals surface area contributed by atoms with E-state index < -0.39 is 0 Å². The van der Waals surface area contributed by atoms with E-state index in [0.717, 1.165) is 16.9 Å². The average Bonchev–Trinajstić information content (AvgIpc) is 3.09. The van der Waals surface area contributed by atoms with Crippen LogP contribution in [0.25, 0.3) is 10.9 Å². The van der Waals surface area contributed by atoms with Gasteiger partial charge in [-0.05, 0) is 29.9 Å². The Labute approximate surface area is 116 Å². The van der Waals surface area contributed by atoms with E-state index in [2.05, 4.69) is 32.9 Å². The number of para-hydroxylation sites is 1. The van der Waals surface area contributed by atoms with Crippen LogP contribution in [0.5, 0.6) is 0 Å². The first kappa shape index (κ1) is 11.7. The van der Waals surface area contributed by atoms with E-state index in [9.17, 15) is 0 Å². The monoisotopic (exact) mass is 268 g/mol. The lowest BCUT2D eigenvalue weighted by molar-refractivity contribution is 0.367. The molecule has 0 unspecified atom stereocenters. The molecule has 1 aliphatic rings. The van der Waals surface area contributed by atoms with E-state index in [1.165, 1.54) is 18.2 Å². The zero-order valence-corrected chi connectivity index (χ0v) is 11.1. The van der Waals surface area contributed by atoms with Gasteiger partial charge in [0.15, 0.2) is 5.82 Å². The van der Waals surface area contributed by atoms with Crippen LogP contribution < -0.4 is 5.73 Å². The Kier molecular flexibility index (Phi) is 2.60. The number of rotatable bonds is 4. The second-order valence-electron chi connectivity index (χ2n) is 5.32. The van der Waals surface area contributed by atoms with Gasteiger partial charge in [0.2, 0.25) is 5.89 Å². The largest absolute Gasteiger partial charge is 0.338 e. The summed E-state index contributed by atoms with van der Waals surface area (Å²) >= 11 is 0. The van der Waals surface area contributed by atoms with Crippen LogP contribution in [-0.2, 0) is 13.1 Å². The predicted octanol–water partition coefficient (Wildman–Crippen LogP) is 2.41. The smallest absolute Gasteiger partial charge is 0.246 e. The van der Waals surface area contributed by atoms with E-state index in [4.69, 9.17) is 10.3 Å². The zero-order chi connectivity index (χ0) is 13.5. The third-order valence-electron chi connectivity index (χ3n) is 3.82. The van der Waals surface area contributed by atoms with Crippen molar-refractivity contribution in [1.82, 2.24) is 14.7 Å². The van der Waals surface area contributed by atoms with Crippen LogP contribution >= 0.6 is 0 Å². The van der Waals surface area contributed by atoms with Crippen LogP contribution in [-0.4, -0.2) is 14.7 Å². The highest BCUT2D eigenvalue weighted by Crippen LogP contribution is 2.38. The van der Waals surface area contributed by atoms with Gasteiger partial charge in [0, 0.05) is 18.7 Å². The molecule has 0 amide bonds. The van der Waals surface area contributed by atoms with E-state index in [0.29, 0.717) is 24.9 Å². The average molecular weight is 268 g/mol. The summed E-state index contributed by atoms with van der Waals surface area (Å²) in [6, 6.07) is 8.27. The van der Waals surface area contributed by atoms with Gasteiger partial charge in [0.05, 0.1) is 5.52 Å². The first-order valence-corrected chi connectivity index (χ1v) is 6.94. The maximum atomic E-state index is 5.82. The molecule has 0 atom stereocenters. The molecular formula is C15H16N4O. The minimum atomic E-state index is 0.522. The fourth-order valence-electron chi connectivity index (χ4n) is 2.62. The molecule has 0 radical (unpaired) electrons. The molecule has 2 N–H and O–H groups in total. The standard InChI is InChI=1S/C15H16N4O/c16-8-12-3-1-2-10-6-7-19(14(10)12)9-13-17-15(18-20-13)11-4-5-11/h1-3,6-7,11H,4-5,8-9,16H2. The SMILES string of the molecule is NCc1cccc2ccn(Cc3nc(C4CC4)no3)c12. The zero-order valence-electron chi connectivity index (χ0n) is 11.1. The summed E-state index contributed by atoms with van der Waals surface area (Å²) in [5, 5.41) is 5.25. The van der Waals surface area contributed by atoms with Crippen LogP contribution in [0.2, 0.25) is 0 Å². The fourth-order valence-corrected chi connectivity index (χ4v) is 2.62.